The third kappa shape index (κ3) is 5.74. The maximum absolute atomic E-state index is 13.0. The summed E-state index contributed by atoms with van der Waals surface area (Å²) in [7, 11) is 1.52. The minimum absolute atomic E-state index is 0. The van der Waals surface area contributed by atoms with Gasteiger partial charge in [-0.1, -0.05) is 12.1 Å². The smallest absolute Gasteiger partial charge is 0.393 e. The molecular weight excluding hydrogens is 389 g/mol. The number of amides is 1. The number of nitrogens with one attached hydrogen (secondary N) is 1. The molecule has 3 atom stereocenters. The molecule has 1 aromatic carbocycles. The molecule has 1 amide bonds. The SMILES string of the molecule is COc1cccc(CNC(=O)C(C)N2C[C@@H](C(F)(F)F)[C@H](C(=O)O)C2)c1.Cl. The summed E-state index contributed by atoms with van der Waals surface area (Å²) >= 11 is 0. The molecule has 0 saturated carbocycles. The zero-order valence-electron chi connectivity index (χ0n) is 14.8. The average molecular weight is 411 g/mol. The lowest BCUT2D eigenvalue weighted by Gasteiger charge is -2.23. The summed E-state index contributed by atoms with van der Waals surface area (Å²) < 4.78 is 44.2. The molecule has 0 radical (unpaired) electrons. The van der Waals surface area contributed by atoms with Crippen molar-refractivity contribution in [1.82, 2.24) is 10.2 Å². The molecule has 0 aliphatic carbocycles. The second kappa shape index (κ2) is 9.27. The molecule has 2 rings (SSSR count). The van der Waals surface area contributed by atoms with Crippen molar-refractivity contribution in [2.45, 2.75) is 25.7 Å². The minimum Gasteiger partial charge on any atom is -0.497 e. The summed E-state index contributed by atoms with van der Waals surface area (Å²) in [5, 5.41) is 11.7. The van der Waals surface area contributed by atoms with Crippen molar-refractivity contribution in [2.75, 3.05) is 20.2 Å². The molecule has 0 aromatic heterocycles. The molecule has 1 fully saturated rings. The Balaban J connectivity index is 0.00000364. The number of alkyl halides is 3. The molecule has 0 spiro atoms. The van der Waals surface area contributed by atoms with Crippen LogP contribution < -0.4 is 10.1 Å². The van der Waals surface area contributed by atoms with Gasteiger partial charge in [0.05, 0.1) is 25.0 Å². The Labute approximate surface area is 161 Å². The molecule has 152 valence electrons. The molecule has 10 heteroatoms. The predicted molar refractivity (Wildman–Crippen MR) is 93.8 cm³/mol. The van der Waals surface area contributed by atoms with E-state index in [-0.39, 0.29) is 25.5 Å². The largest absolute Gasteiger partial charge is 0.497 e. The molecule has 1 aliphatic heterocycles. The summed E-state index contributed by atoms with van der Waals surface area (Å²) in [5.41, 5.74) is 0.780. The van der Waals surface area contributed by atoms with Crippen molar-refractivity contribution < 1.29 is 32.6 Å². The minimum atomic E-state index is -4.62. The fraction of sp³-hybridized carbons (Fsp3) is 0.529. The first kappa shape index (κ1) is 23.0. The highest BCUT2D eigenvalue weighted by molar-refractivity contribution is 5.85. The molecule has 1 heterocycles. The predicted octanol–water partition coefficient (Wildman–Crippen LogP) is 2.32. The normalized spacial score (nSPS) is 21.2. The van der Waals surface area contributed by atoms with Crippen molar-refractivity contribution in [1.29, 1.82) is 0 Å². The molecule has 1 saturated heterocycles. The first-order valence-corrected chi connectivity index (χ1v) is 8.07. The van der Waals surface area contributed by atoms with E-state index in [9.17, 15) is 22.8 Å². The topological polar surface area (TPSA) is 78.9 Å². The van der Waals surface area contributed by atoms with Gasteiger partial charge in [0.1, 0.15) is 5.75 Å². The highest BCUT2D eigenvalue weighted by Crippen LogP contribution is 2.38. The monoisotopic (exact) mass is 410 g/mol. The van der Waals surface area contributed by atoms with Crippen molar-refractivity contribution in [3.05, 3.63) is 29.8 Å². The number of ether oxygens (including phenoxy) is 1. The molecule has 6 nitrogen and oxygen atoms in total. The summed E-state index contributed by atoms with van der Waals surface area (Å²) in [6, 6.07) is 6.16. The Kier molecular flexibility index (Phi) is 7.91. The van der Waals surface area contributed by atoms with Crippen LogP contribution in [0.15, 0.2) is 24.3 Å². The maximum atomic E-state index is 13.0. The van der Waals surface area contributed by atoms with Gasteiger partial charge >= 0.3 is 12.1 Å². The van der Waals surface area contributed by atoms with Gasteiger partial charge < -0.3 is 15.2 Å². The Morgan fingerprint density at radius 2 is 2.04 bits per heavy atom. The maximum Gasteiger partial charge on any atom is 0.393 e. The number of likely N-dealkylation sites (tertiary alicyclic amines) is 1. The number of rotatable bonds is 6. The number of carbonyl (C=O) groups excluding carboxylic acids is 1. The lowest BCUT2D eigenvalue weighted by Crippen LogP contribution is -2.44. The van der Waals surface area contributed by atoms with Crippen LogP contribution in [0, 0.1) is 11.8 Å². The molecule has 27 heavy (non-hydrogen) atoms. The first-order chi connectivity index (χ1) is 12.1. The van der Waals surface area contributed by atoms with E-state index in [1.54, 1.807) is 24.3 Å². The highest BCUT2D eigenvalue weighted by Gasteiger charge is 2.53. The van der Waals surface area contributed by atoms with Crippen molar-refractivity contribution >= 4 is 24.3 Å². The van der Waals surface area contributed by atoms with Gasteiger partial charge in [-0.2, -0.15) is 13.2 Å². The summed E-state index contributed by atoms with van der Waals surface area (Å²) in [6.45, 7) is 0.847. The van der Waals surface area contributed by atoms with Gasteiger partial charge in [-0.05, 0) is 24.6 Å². The second-order valence-electron chi connectivity index (χ2n) is 6.29. The molecule has 1 aliphatic rings. The second-order valence-corrected chi connectivity index (χ2v) is 6.29. The van der Waals surface area contributed by atoms with E-state index in [1.807, 2.05) is 0 Å². The van der Waals surface area contributed by atoms with Crippen LogP contribution in [0.2, 0.25) is 0 Å². The lowest BCUT2D eigenvalue weighted by molar-refractivity contribution is -0.188. The van der Waals surface area contributed by atoms with Gasteiger partial charge in [0.25, 0.3) is 0 Å². The van der Waals surface area contributed by atoms with Gasteiger partial charge in [0.2, 0.25) is 5.91 Å². The Morgan fingerprint density at radius 1 is 1.37 bits per heavy atom. The van der Waals surface area contributed by atoms with E-state index in [4.69, 9.17) is 9.84 Å². The van der Waals surface area contributed by atoms with Crippen LogP contribution in [-0.2, 0) is 16.1 Å². The van der Waals surface area contributed by atoms with Gasteiger partial charge in [-0.3, -0.25) is 14.5 Å². The van der Waals surface area contributed by atoms with Gasteiger partial charge in [0.15, 0.2) is 0 Å². The standard InChI is InChI=1S/C17H21F3N2O4.ClH/c1-10(15(23)21-7-11-4-3-5-12(6-11)26-2)22-8-13(16(24)25)14(9-22)17(18,19)20;/h3-6,10,13-14H,7-9H2,1-2H3,(H,21,23)(H,24,25);1H/t10?,13-,14-;/m1./s1. The number of carboxylic acid groups (broad SMARTS) is 1. The fourth-order valence-electron chi connectivity index (χ4n) is 3.02. The molecule has 1 unspecified atom stereocenters. The van der Waals surface area contributed by atoms with E-state index < -0.39 is 42.5 Å². The Bertz CT molecular complexity index is 672. The number of aliphatic carboxylic acids is 1. The third-order valence-corrected chi connectivity index (χ3v) is 4.61. The third-order valence-electron chi connectivity index (χ3n) is 4.61. The molecule has 1 aromatic rings. The van der Waals surface area contributed by atoms with E-state index >= 15 is 0 Å². The number of hydrogen-bond donors (Lipinski definition) is 2. The quantitative estimate of drug-likeness (QED) is 0.752. The van der Waals surface area contributed by atoms with E-state index in [0.717, 1.165) is 5.56 Å². The van der Waals surface area contributed by atoms with Gasteiger partial charge in [0, 0.05) is 19.6 Å². The van der Waals surface area contributed by atoms with E-state index in [1.165, 1.54) is 18.9 Å². The number of nitrogens with zero attached hydrogens (tertiary/aromatic N) is 1. The number of carbonyl (C=O) groups is 2. The zero-order valence-corrected chi connectivity index (χ0v) is 15.6. The van der Waals surface area contributed by atoms with Gasteiger partial charge in [-0.25, -0.2) is 0 Å². The first-order valence-electron chi connectivity index (χ1n) is 8.07. The number of halogens is 4. The van der Waals surface area contributed by atoms with Crippen LogP contribution >= 0.6 is 12.4 Å². The number of methoxy groups -OCH3 is 1. The van der Waals surface area contributed by atoms with Crippen molar-refractivity contribution in [3.63, 3.8) is 0 Å². The zero-order chi connectivity index (χ0) is 19.5. The van der Waals surface area contributed by atoms with Crippen LogP contribution in [0.5, 0.6) is 5.75 Å². The van der Waals surface area contributed by atoms with Crippen molar-refractivity contribution in [2.24, 2.45) is 11.8 Å². The summed E-state index contributed by atoms with van der Waals surface area (Å²) in [6.07, 6.45) is -4.62. The van der Waals surface area contributed by atoms with Crippen molar-refractivity contribution in [3.8, 4) is 5.75 Å². The average Bonchev–Trinajstić information content (AvgIpc) is 3.05. The Morgan fingerprint density at radius 3 is 2.56 bits per heavy atom. The van der Waals surface area contributed by atoms with Gasteiger partial charge in [-0.15, -0.1) is 12.4 Å². The number of benzene rings is 1. The lowest BCUT2D eigenvalue weighted by atomic mass is 9.96. The van der Waals surface area contributed by atoms with Crippen LogP contribution in [0.25, 0.3) is 0 Å². The summed E-state index contributed by atoms with van der Waals surface area (Å²) in [5.74, 6) is -4.88. The van der Waals surface area contributed by atoms with E-state index in [0.29, 0.717) is 5.75 Å². The summed E-state index contributed by atoms with van der Waals surface area (Å²) in [4.78, 5) is 24.7. The van der Waals surface area contributed by atoms with Crippen LogP contribution in [-0.4, -0.2) is 54.3 Å². The number of carboxylic acids is 1. The molecule has 2 N–H and O–H groups in total. The Hall–Kier alpha value is -2.00. The van der Waals surface area contributed by atoms with E-state index in [2.05, 4.69) is 5.32 Å². The molecular formula is C17H22ClF3N2O4. The van der Waals surface area contributed by atoms with Crippen LogP contribution in [0.4, 0.5) is 13.2 Å². The highest BCUT2D eigenvalue weighted by atomic mass is 35.5. The van der Waals surface area contributed by atoms with Crippen LogP contribution in [0.3, 0.4) is 0 Å². The van der Waals surface area contributed by atoms with Crippen LogP contribution in [0.1, 0.15) is 12.5 Å². The number of hydrogen-bond acceptors (Lipinski definition) is 4. The fourth-order valence-corrected chi connectivity index (χ4v) is 3.02. The molecule has 0 bridgehead atoms.